The molecule has 3 aromatic rings. The Hall–Kier alpha value is -3.35. The van der Waals surface area contributed by atoms with Gasteiger partial charge in [-0.05, 0) is 44.5 Å². The Balaban J connectivity index is 1.49. The van der Waals surface area contributed by atoms with Crippen LogP contribution in [-0.2, 0) is 0 Å². The summed E-state index contributed by atoms with van der Waals surface area (Å²) in [4.78, 5) is 18.8. The van der Waals surface area contributed by atoms with Crippen molar-refractivity contribution in [3.8, 4) is 11.4 Å². The standard InChI is InChI=1S/C23H27N5O2/c1-16-9-10-19(17(2)15-16)28-24-18(3)22(25-28)23(29)27-13-11-26(12-14-27)20-7-5-6-8-21(20)30-4/h5-10,15H,11-14H2,1-4H3. The summed E-state index contributed by atoms with van der Waals surface area (Å²) in [6, 6.07) is 14.1. The summed E-state index contributed by atoms with van der Waals surface area (Å²) >= 11 is 0. The molecular weight excluding hydrogens is 378 g/mol. The summed E-state index contributed by atoms with van der Waals surface area (Å²) in [6.07, 6.45) is 0. The van der Waals surface area contributed by atoms with E-state index in [-0.39, 0.29) is 5.91 Å². The first-order valence-electron chi connectivity index (χ1n) is 10.2. The third kappa shape index (κ3) is 3.75. The van der Waals surface area contributed by atoms with Crippen LogP contribution in [0.15, 0.2) is 42.5 Å². The molecular formula is C23H27N5O2. The predicted octanol–water partition coefficient (Wildman–Crippen LogP) is 3.16. The normalized spacial score (nSPS) is 14.1. The number of para-hydroxylation sites is 2. The van der Waals surface area contributed by atoms with Crippen LogP contribution < -0.4 is 9.64 Å². The first-order valence-corrected chi connectivity index (χ1v) is 10.2. The third-order valence-corrected chi connectivity index (χ3v) is 5.55. The SMILES string of the molecule is COc1ccccc1N1CCN(C(=O)c2nn(-c3ccc(C)cc3C)nc2C)CC1. The second kappa shape index (κ2) is 8.18. The van der Waals surface area contributed by atoms with Gasteiger partial charge in [-0.25, -0.2) is 0 Å². The van der Waals surface area contributed by atoms with Gasteiger partial charge in [0, 0.05) is 26.2 Å². The second-order valence-corrected chi connectivity index (χ2v) is 7.66. The van der Waals surface area contributed by atoms with E-state index in [1.807, 2.05) is 49.1 Å². The third-order valence-electron chi connectivity index (χ3n) is 5.55. The number of hydrogen-bond donors (Lipinski definition) is 0. The Bertz CT molecular complexity index is 1070. The molecule has 1 amide bonds. The average Bonchev–Trinajstić information content (AvgIpc) is 3.14. The number of nitrogens with zero attached hydrogens (tertiary/aromatic N) is 5. The van der Waals surface area contributed by atoms with Crippen LogP contribution in [0.5, 0.6) is 5.75 Å². The molecule has 0 radical (unpaired) electrons. The maximum absolute atomic E-state index is 13.1. The summed E-state index contributed by atoms with van der Waals surface area (Å²) in [7, 11) is 1.68. The molecule has 0 N–H and O–H groups in total. The molecule has 0 atom stereocenters. The van der Waals surface area contributed by atoms with Crippen LogP contribution in [0.1, 0.15) is 27.3 Å². The van der Waals surface area contributed by atoms with E-state index in [4.69, 9.17) is 4.74 Å². The van der Waals surface area contributed by atoms with Crippen molar-refractivity contribution in [3.05, 3.63) is 65.0 Å². The number of ether oxygens (including phenoxy) is 1. The number of carbonyl (C=O) groups is 1. The lowest BCUT2D eigenvalue weighted by Crippen LogP contribution is -2.49. The molecule has 30 heavy (non-hydrogen) atoms. The summed E-state index contributed by atoms with van der Waals surface area (Å²) < 4.78 is 5.48. The molecule has 1 saturated heterocycles. The van der Waals surface area contributed by atoms with Crippen molar-refractivity contribution in [3.63, 3.8) is 0 Å². The van der Waals surface area contributed by atoms with Crippen LogP contribution in [0.2, 0.25) is 0 Å². The smallest absolute Gasteiger partial charge is 0.276 e. The number of hydrogen-bond acceptors (Lipinski definition) is 5. The fourth-order valence-electron chi connectivity index (χ4n) is 3.91. The molecule has 0 bridgehead atoms. The maximum atomic E-state index is 13.1. The first kappa shape index (κ1) is 19.9. The number of rotatable bonds is 4. The van der Waals surface area contributed by atoms with Gasteiger partial charge < -0.3 is 14.5 Å². The number of anilines is 1. The van der Waals surface area contributed by atoms with Crippen LogP contribution in [0.3, 0.4) is 0 Å². The molecule has 7 nitrogen and oxygen atoms in total. The summed E-state index contributed by atoms with van der Waals surface area (Å²) in [5, 5.41) is 9.03. The molecule has 1 aliphatic rings. The highest BCUT2D eigenvalue weighted by atomic mass is 16.5. The van der Waals surface area contributed by atoms with Gasteiger partial charge in [0.25, 0.3) is 5.91 Å². The molecule has 1 aliphatic heterocycles. The van der Waals surface area contributed by atoms with E-state index >= 15 is 0 Å². The molecule has 2 aromatic carbocycles. The molecule has 4 rings (SSSR count). The molecule has 7 heteroatoms. The lowest BCUT2D eigenvalue weighted by atomic mass is 10.1. The van der Waals surface area contributed by atoms with Gasteiger partial charge in [0.05, 0.1) is 24.2 Å². The topological polar surface area (TPSA) is 63.5 Å². The van der Waals surface area contributed by atoms with E-state index in [9.17, 15) is 4.79 Å². The quantitative estimate of drug-likeness (QED) is 0.667. The molecule has 0 aliphatic carbocycles. The lowest BCUT2D eigenvalue weighted by Gasteiger charge is -2.36. The largest absolute Gasteiger partial charge is 0.495 e. The second-order valence-electron chi connectivity index (χ2n) is 7.66. The van der Waals surface area contributed by atoms with Gasteiger partial charge in [-0.15, -0.1) is 5.10 Å². The van der Waals surface area contributed by atoms with Crippen molar-refractivity contribution in [2.75, 3.05) is 38.2 Å². The van der Waals surface area contributed by atoms with Crippen LogP contribution in [0.4, 0.5) is 5.69 Å². The van der Waals surface area contributed by atoms with Crippen LogP contribution in [0, 0.1) is 20.8 Å². The summed E-state index contributed by atoms with van der Waals surface area (Å²) in [6.45, 7) is 8.68. The minimum absolute atomic E-state index is 0.0665. The van der Waals surface area contributed by atoms with Gasteiger partial charge in [0.1, 0.15) is 5.75 Å². The van der Waals surface area contributed by atoms with Gasteiger partial charge in [0.2, 0.25) is 0 Å². The first-order chi connectivity index (χ1) is 14.5. The number of piperazine rings is 1. The van der Waals surface area contributed by atoms with Crippen molar-refractivity contribution >= 4 is 11.6 Å². The zero-order chi connectivity index (χ0) is 21.3. The minimum Gasteiger partial charge on any atom is -0.495 e. The Morgan fingerprint density at radius 3 is 2.37 bits per heavy atom. The molecule has 156 valence electrons. The number of amides is 1. The summed E-state index contributed by atoms with van der Waals surface area (Å²) in [5.74, 6) is 0.785. The van der Waals surface area contributed by atoms with Gasteiger partial charge in [-0.1, -0.05) is 29.8 Å². The van der Waals surface area contributed by atoms with E-state index in [2.05, 4.69) is 34.2 Å². The number of aryl methyl sites for hydroxylation is 3. The Morgan fingerprint density at radius 1 is 0.933 bits per heavy atom. The fraction of sp³-hybridized carbons (Fsp3) is 0.348. The predicted molar refractivity (Wildman–Crippen MR) is 117 cm³/mol. The summed E-state index contributed by atoms with van der Waals surface area (Å²) in [5.41, 5.74) is 5.28. The van der Waals surface area contributed by atoms with Crippen molar-refractivity contribution < 1.29 is 9.53 Å². The molecule has 2 heterocycles. The highest BCUT2D eigenvalue weighted by Gasteiger charge is 2.27. The minimum atomic E-state index is -0.0665. The monoisotopic (exact) mass is 405 g/mol. The van der Waals surface area contributed by atoms with E-state index in [0.29, 0.717) is 24.5 Å². The van der Waals surface area contributed by atoms with Crippen LogP contribution in [0.25, 0.3) is 5.69 Å². The molecule has 0 unspecified atom stereocenters. The Kier molecular flexibility index (Phi) is 5.44. The fourth-order valence-corrected chi connectivity index (χ4v) is 3.91. The maximum Gasteiger partial charge on any atom is 0.276 e. The van der Waals surface area contributed by atoms with E-state index in [1.54, 1.807) is 11.9 Å². The number of benzene rings is 2. The van der Waals surface area contributed by atoms with Crippen molar-refractivity contribution in [1.29, 1.82) is 0 Å². The van der Waals surface area contributed by atoms with Gasteiger partial charge >= 0.3 is 0 Å². The van der Waals surface area contributed by atoms with Crippen molar-refractivity contribution in [2.24, 2.45) is 0 Å². The molecule has 0 spiro atoms. The van der Waals surface area contributed by atoms with Crippen LogP contribution >= 0.6 is 0 Å². The number of aromatic nitrogens is 3. The number of methoxy groups -OCH3 is 1. The lowest BCUT2D eigenvalue weighted by molar-refractivity contribution is 0.0739. The van der Waals surface area contributed by atoms with Gasteiger partial charge in [-0.3, -0.25) is 4.79 Å². The van der Waals surface area contributed by atoms with Crippen molar-refractivity contribution in [2.45, 2.75) is 20.8 Å². The highest BCUT2D eigenvalue weighted by molar-refractivity contribution is 5.93. The van der Waals surface area contributed by atoms with E-state index in [1.165, 1.54) is 5.56 Å². The zero-order valence-corrected chi connectivity index (χ0v) is 17.9. The molecule has 0 saturated carbocycles. The zero-order valence-electron chi connectivity index (χ0n) is 17.9. The average molecular weight is 406 g/mol. The van der Waals surface area contributed by atoms with Gasteiger partial charge in [-0.2, -0.15) is 9.90 Å². The molecule has 1 fully saturated rings. The van der Waals surface area contributed by atoms with E-state index in [0.717, 1.165) is 35.8 Å². The van der Waals surface area contributed by atoms with Crippen molar-refractivity contribution in [1.82, 2.24) is 19.9 Å². The van der Waals surface area contributed by atoms with Crippen LogP contribution in [-0.4, -0.2) is 59.1 Å². The Morgan fingerprint density at radius 2 is 1.67 bits per heavy atom. The highest BCUT2D eigenvalue weighted by Crippen LogP contribution is 2.28. The van der Waals surface area contributed by atoms with Gasteiger partial charge in [0.15, 0.2) is 5.69 Å². The number of carbonyl (C=O) groups excluding carboxylic acids is 1. The van der Waals surface area contributed by atoms with E-state index < -0.39 is 0 Å². The Labute approximate surface area is 176 Å². The molecule has 1 aromatic heterocycles.